The van der Waals surface area contributed by atoms with Gasteiger partial charge in [0.2, 0.25) is 0 Å². The molecule has 2 aliphatic rings. The lowest BCUT2D eigenvalue weighted by atomic mass is 9.81. The summed E-state index contributed by atoms with van der Waals surface area (Å²) in [6.07, 6.45) is 2.27. The molecule has 2 heterocycles. The summed E-state index contributed by atoms with van der Waals surface area (Å²) in [6, 6.07) is 14.9. The first-order valence-corrected chi connectivity index (χ1v) is 9.44. The predicted molar refractivity (Wildman–Crippen MR) is 100 cm³/mol. The fourth-order valence-corrected chi connectivity index (χ4v) is 4.45. The van der Waals surface area contributed by atoms with E-state index >= 15 is 0 Å². The predicted octanol–water partition coefficient (Wildman–Crippen LogP) is 3.00. The molecule has 5 heteroatoms. The van der Waals surface area contributed by atoms with E-state index in [0.717, 1.165) is 50.1 Å². The quantitative estimate of drug-likeness (QED) is 0.789. The Labute approximate surface area is 154 Å². The first-order valence-electron chi connectivity index (χ1n) is 9.44. The van der Waals surface area contributed by atoms with E-state index in [1.54, 1.807) is 18.2 Å². The average Bonchev–Trinajstić information content (AvgIpc) is 3.14. The van der Waals surface area contributed by atoms with E-state index in [2.05, 4.69) is 15.8 Å². The lowest BCUT2D eigenvalue weighted by Crippen LogP contribution is -2.46. The number of aromatic hydroxyl groups is 1. The van der Waals surface area contributed by atoms with Crippen LogP contribution in [-0.4, -0.2) is 35.7 Å². The minimum absolute atomic E-state index is 0.116. The standard InChI is InChI=1S/C21H26FN3O/c22-19-9-3-2-8-17(19)18-12-23-24-21(18)16-7-5-11-25(14-16)13-15-6-1-4-10-20(15)26/h1-4,6,8-10,16,18,21,23-24,26H,5,7,11-14H2. The Kier molecular flexibility index (Phi) is 5.20. The smallest absolute Gasteiger partial charge is 0.126 e. The molecule has 0 radical (unpaired) electrons. The maximum absolute atomic E-state index is 14.3. The molecule has 138 valence electrons. The molecular weight excluding hydrogens is 329 g/mol. The summed E-state index contributed by atoms with van der Waals surface area (Å²) in [5, 5.41) is 10.0. The van der Waals surface area contributed by atoms with E-state index in [4.69, 9.17) is 0 Å². The number of phenols is 1. The van der Waals surface area contributed by atoms with Gasteiger partial charge in [-0.1, -0.05) is 36.4 Å². The van der Waals surface area contributed by atoms with Crippen LogP contribution in [0, 0.1) is 11.7 Å². The van der Waals surface area contributed by atoms with Crippen molar-refractivity contribution in [2.45, 2.75) is 31.3 Å². The number of hydrogen-bond acceptors (Lipinski definition) is 4. The molecule has 2 aromatic rings. The number of likely N-dealkylation sites (tertiary alicyclic amines) is 1. The van der Waals surface area contributed by atoms with Gasteiger partial charge in [0.15, 0.2) is 0 Å². The number of benzene rings is 2. The van der Waals surface area contributed by atoms with Crippen molar-refractivity contribution in [1.29, 1.82) is 0 Å². The molecule has 4 nitrogen and oxygen atoms in total. The maximum Gasteiger partial charge on any atom is 0.126 e. The number of phenolic OH excluding ortho intramolecular Hbond substituents is 1. The second-order valence-corrected chi connectivity index (χ2v) is 7.45. The van der Waals surface area contributed by atoms with E-state index in [1.807, 2.05) is 30.3 Å². The third-order valence-electron chi connectivity index (χ3n) is 5.76. The molecule has 0 aliphatic carbocycles. The van der Waals surface area contributed by atoms with E-state index in [1.165, 1.54) is 0 Å². The van der Waals surface area contributed by atoms with E-state index in [0.29, 0.717) is 11.7 Å². The van der Waals surface area contributed by atoms with Crippen LogP contribution < -0.4 is 10.9 Å². The van der Waals surface area contributed by atoms with Crippen molar-refractivity contribution >= 4 is 0 Å². The second kappa shape index (κ2) is 7.74. The Morgan fingerprint density at radius 1 is 1.12 bits per heavy atom. The van der Waals surface area contributed by atoms with Gasteiger partial charge in [0.25, 0.3) is 0 Å². The SMILES string of the molecule is Oc1ccccc1CN1CCCC(C2NNCC2c2ccccc2F)C1. The van der Waals surface area contributed by atoms with Crippen LogP contribution in [0.5, 0.6) is 5.75 Å². The van der Waals surface area contributed by atoms with E-state index in [9.17, 15) is 9.50 Å². The molecule has 0 aromatic heterocycles. The molecule has 3 unspecified atom stereocenters. The van der Waals surface area contributed by atoms with Gasteiger partial charge >= 0.3 is 0 Å². The molecule has 4 rings (SSSR count). The lowest BCUT2D eigenvalue weighted by molar-refractivity contribution is 0.138. The minimum atomic E-state index is -0.116. The summed E-state index contributed by atoms with van der Waals surface area (Å²) >= 11 is 0. The third-order valence-corrected chi connectivity index (χ3v) is 5.76. The highest BCUT2D eigenvalue weighted by Crippen LogP contribution is 2.33. The fourth-order valence-electron chi connectivity index (χ4n) is 4.45. The summed E-state index contributed by atoms with van der Waals surface area (Å²) < 4.78 is 14.3. The van der Waals surface area contributed by atoms with Crippen molar-refractivity contribution in [3.8, 4) is 5.75 Å². The normalized spacial score (nSPS) is 26.9. The Morgan fingerprint density at radius 3 is 2.77 bits per heavy atom. The first-order chi connectivity index (χ1) is 12.7. The highest BCUT2D eigenvalue weighted by molar-refractivity contribution is 5.31. The minimum Gasteiger partial charge on any atom is -0.508 e. The summed E-state index contributed by atoms with van der Waals surface area (Å²) in [7, 11) is 0. The molecular formula is C21H26FN3O. The second-order valence-electron chi connectivity index (χ2n) is 7.45. The van der Waals surface area contributed by atoms with Gasteiger partial charge in [-0.15, -0.1) is 0 Å². The van der Waals surface area contributed by atoms with Gasteiger partial charge in [-0.2, -0.15) is 0 Å². The van der Waals surface area contributed by atoms with Gasteiger partial charge < -0.3 is 5.11 Å². The fraction of sp³-hybridized carbons (Fsp3) is 0.429. The molecule has 26 heavy (non-hydrogen) atoms. The van der Waals surface area contributed by atoms with Crippen molar-refractivity contribution in [2.24, 2.45) is 5.92 Å². The van der Waals surface area contributed by atoms with Crippen LogP contribution in [-0.2, 0) is 6.54 Å². The monoisotopic (exact) mass is 355 g/mol. The average molecular weight is 355 g/mol. The highest BCUT2D eigenvalue weighted by atomic mass is 19.1. The van der Waals surface area contributed by atoms with Crippen LogP contribution in [0.25, 0.3) is 0 Å². The number of piperidine rings is 1. The van der Waals surface area contributed by atoms with E-state index < -0.39 is 0 Å². The molecule has 0 bridgehead atoms. The maximum atomic E-state index is 14.3. The van der Waals surface area contributed by atoms with Crippen LogP contribution >= 0.6 is 0 Å². The summed E-state index contributed by atoms with van der Waals surface area (Å²) in [6.45, 7) is 3.50. The molecule has 3 atom stereocenters. The molecule has 2 saturated heterocycles. The van der Waals surface area contributed by atoms with Crippen LogP contribution in [0.4, 0.5) is 4.39 Å². The van der Waals surface area contributed by atoms with Crippen molar-refractivity contribution in [3.05, 3.63) is 65.5 Å². The number of rotatable bonds is 4. The summed E-state index contributed by atoms with van der Waals surface area (Å²) in [5.74, 6) is 0.842. The number of hydrogen-bond donors (Lipinski definition) is 3. The van der Waals surface area contributed by atoms with Crippen LogP contribution in [0.15, 0.2) is 48.5 Å². The number of hydrazine groups is 1. The van der Waals surface area contributed by atoms with Crippen molar-refractivity contribution in [1.82, 2.24) is 15.8 Å². The molecule has 0 spiro atoms. The summed E-state index contributed by atoms with van der Waals surface area (Å²) in [4.78, 5) is 2.40. The van der Waals surface area contributed by atoms with Crippen molar-refractivity contribution in [2.75, 3.05) is 19.6 Å². The largest absolute Gasteiger partial charge is 0.508 e. The van der Waals surface area contributed by atoms with Gasteiger partial charge in [0.1, 0.15) is 11.6 Å². The third kappa shape index (κ3) is 3.61. The molecule has 0 amide bonds. The molecule has 2 aliphatic heterocycles. The molecule has 0 saturated carbocycles. The zero-order chi connectivity index (χ0) is 17.9. The van der Waals surface area contributed by atoms with Gasteiger partial charge in [0.05, 0.1) is 0 Å². The zero-order valence-electron chi connectivity index (χ0n) is 14.9. The van der Waals surface area contributed by atoms with Gasteiger partial charge in [-0.3, -0.25) is 15.8 Å². The number of para-hydroxylation sites is 1. The Morgan fingerprint density at radius 2 is 1.92 bits per heavy atom. The molecule has 3 N–H and O–H groups in total. The van der Waals surface area contributed by atoms with E-state index in [-0.39, 0.29) is 17.8 Å². The van der Waals surface area contributed by atoms with Crippen LogP contribution in [0.2, 0.25) is 0 Å². The van der Waals surface area contributed by atoms with Gasteiger partial charge in [-0.05, 0) is 43.0 Å². The summed E-state index contributed by atoms with van der Waals surface area (Å²) in [5.41, 5.74) is 8.42. The van der Waals surface area contributed by atoms with Crippen LogP contribution in [0.3, 0.4) is 0 Å². The molecule has 2 fully saturated rings. The topological polar surface area (TPSA) is 47.5 Å². The first kappa shape index (κ1) is 17.5. The zero-order valence-corrected chi connectivity index (χ0v) is 14.9. The van der Waals surface area contributed by atoms with Gasteiger partial charge in [-0.25, -0.2) is 4.39 Å². The van der Waals surface area contributed by atoms with Crippen molar-refractivity contribution < 1.29 is 9.50 Å². The number of halogens is 1. The number of nitrogens with zero attached hydrogens (tertiary/aromatic N) is 1. The van der Waals surface area contributed by atoms with Gasteiger partial charge in [0, 0.05) is 37.2 Å². The molecule has 2 aromatic carbocycles. The van der Waals surface area contributed by atoms with Crippen LogP contribution in [0.1, 0.15) is 29.9 Å². The Hall–Kier alpha value is -1.95. The lowest BCUT2D eigenvalue weighted by Gasteiger charge is -2.37. The number of nitrogens with one attached hydrogen (secondary N) is 2. The Balaban J connectivity index is 1.47. The highest BCUT2D eigenvalue weighted by Gasteiger charge is 2.37. The Bertz CT molecular complexity index is 754. The van der Waals surface area contributed by atoms with Crippen molar-refractivity contribution in [3.63, 3.8) is 0 Å².